The van der Waals surface area contributed by atoms with Crippen LogP contribution in [0.15, 0.2) is 24.4 Å². The summed E-state index contributed by atoms with van der Waals surface area (Å²) in [7, 11) is 1.67. The lowest BCUT2D eigenvalue weighted by Gasteiger charge is -2.08. The fraction of sp³-hybridized carbons (Fsp3) is 0.308. The van der Waals surface area contributed by atoms with Gasteiger partial charge < -0.3 is 10.6 Å². The number of nitrogens with zero attached hydrogens (tertiary/aromatic N) is 2. The highest BCUT2D eigenvalue weighted by molar-refractivity contribution is 7.11. The summed E-state index contributed by atoms with van der Waals surface area (Å²) in [4.78, 5) is 16.3. The Morgan fingerprint density at radius 3 is 2.75 bits per heavy atom. The molecule has 0 bridgehead atoms. The molecule has 7 heteroatoms. The second-order valence-electron chi connectivity index (χ2n) is 4.14. The summed E-state index contributed by atoms with van der Waals surface area (Å²) >= 11 is 1.62. The predicted octanol–water partition coefficient (Wildman–Crippen LogP) is 3.27. The van der Waals surface area contributed by atoms with Gasteiger partial charge in [0.2, 0.25) is 0 Å². The number of rotatable bonds is 6. The van der Waals surface area contributed by atoms with Crippen molar-refractivity contribution in [2.24, 2.45) is 0 Å². The molecule has 0 spiro atoms. The fourth-order valence-corrected chi connectivity index (χ4v) is 2.65. The van der Waals surface area contributed by atoms with Crippen molar-refractivity contribution in [3.05, 3.63) is 44.4 Å². The summed E-state index contributed by atoms with van der Waals surface area (Å²) in [6.07, 6.45) is 2.80. The minimum Gasteiger partial charge on any atom is -0.382 e. The van der Waals surface area contributed by atoms with Crippen LogP contribution in [0.5, 0.6) is 0 Å². The van der Waals surface area contributed by atoms with Crippen molar-refractivity contribution < 1.29 is 4.92 Å². The highest BCUT2D eigenvalue weighted by atomic mass is 32.1. The van der Waals surface area contributed by atoms with Gasteiger partial charge in [-0.3, -0.25) is 10.1 Å². The first-order valence-corrected chi connectivity index (χ1v) is 7.10. The Morgan fingerprint density at radius 2 is 2.15 bits per heavy atom. The summed E-state index contributed by atoms with van der Waals surface area (Å²) < 4.78 is 0. The van der Waals surface area contributed by atoms with Gasteiger partial charge in [0, 0.05) is 18.1 Å². The lowest BCUT2D eigenvalue weighted by molar-refractivity contribution is -0.383. The molecule has 0 saturated heterocycles. The van der Waals surface area contributed by atoms with Gasteiger partial charge in [-0.05, 0) is 18.6 Å². The van der Waals surface area contributed by atoms with Gasteiger partial charge in [0.1, 0.15) is 16.4 Å². The normalized spacial score (nSPS) is 10.3. The first-order valence-electron chi connectivity index (χ1n) is 6.28. The van der Waals surface area contributed by atoms with Gasteiger partial charge in [-0.15, -0.1) is 11.3 Å². The number of nitro benzene ring substituents is 1. The molecule has 20 heavy (non-hydrogen) atoms. The number of hydrogen-bond acceptors (Lipinski definition) is 6. The summed E-state index contributed by atoms with van der Waals surface area (Å²) in [6, 6.07) is 5.16. The minimum atomic E-state index is -0.381. The average molecular weight is 292 g/mol. The summed E-state index contributed by atoms with van der Waals surface area (Å²) in [5, 5.41) is 18.0. The Balaban J connectivity index is 2.18. The summed E-state index contributed by atoms with van der Waals surface area (Å²) in [5.41, 5.74) is 1.05. The van der Waals surface area contributed by atoms with Crippen molar-refractivity contribution in [3.63, 3.8) is 0 Å². The maximum Gasteiger partial charge on any atom is 0.315 e. The van der Waals surface area contributed by atoms with E-state index in [4.69, 9.17) is 0 Å². The molecule has 0 fully saturated rings. The standard InChI is InChI=1S/C13H16N4O2S/c1-3-9-7-16-12(20-9)8-15-11-6-4-5-10(14-2)13(11)17(18)19/h4-7,14-15H,3,8H2,1-2H3. The Bertz CT molecular complexity index is 612. The molecule has 2 N–H and O–H groups in total. The zero-order chi connectivity index (χ0) is 14.5. The number of nitro groups is 1. The van der Waals surface area contributed by atoms with Crippen molar-refractivity contribution in [3.8, 4) is 0 Å². The van der Waals surface area contributed by atoms with Crippen LogP contribution in [-0.4, -0.2) is 17.0 Å². The average Bonchev–Trinajstić information content (AvgIpc) is 2.92. The second kappa shape index (κ2) is 6.33. The van der Waals surface area contributed by atoms with Crippen LogP contribution in [0.25, 0.3) is 0 Å². The second-order valence-corrected chi connectivity index (χ2v) is 5.34. The van der Waals surface area contributed by atoms with E-state index in [1.807, 2.05) is 6.20 Å². The van der Waals surface area contributed by atoms with Crippen LogP contribution in [0.3, 0.4) is 0 Å². The maximum atomic E-state index is 11.2. The molecule has 106 valence electrons. The molecule has 2 rings (SSSR count). The molecular weight excluding hydrogens is 276 g/mol. The van der Waals surface area contributed by atoms with Gasteiger partial charge in [0.25, 0.3) is 0 Å². The molecule has 1 aromatic carbocycles. The monoisotopic (exact) mass is 292 g/mol. The molecule has 2 aromatic rings. The first-order chi connectivity index (χ1) is 9.65. The van der Waals surface area contributed by atoms with E-state index in [1.165, 1.54) is 4.88 Å². The van der Waals surface area contributed by atoms with E-state index in [2.05, 4.69) is 22.5 Å². The van der Waals surface area contributed by atoms with E-state index in [9.17, 15) is 10.1 Å². The van der Waals surface area contributed by atoms with Crippen LogP contribution in [0.4, 0.5) is 17.1 Å². The Morgan fingerprint density at radius 1 is 1.40 bits per heavy atom. The molecular formula is C13H16N4O2S. The van der Waals surface area contributed by atoms with Crippen molar-refractivity contribution in [2.75, 3.05) is 17.7 Å². The zero-order valence-electron chi connectivity index (χ0n) is 11.3. The first kappa shape index (κ1) is 14.3. The van der Waals surface area contributed by atoms with Gasteiger partial charge in [-0.1, -0.05) is 13.0 Å². The highest BCUT2D eigenvalue weighted by Gasteiger charge is 2.18. The lowest BCUT2D eigenvalue weighted by Crippen LogP contribution is -2.04. The molecule has 1 aromatic heterocycles. The third kappa shape index (κ3) is 3.05. The Hall–Kier alpha value is -2.15. The van der Waals surface area contributed by atoms with Gasteiger partial charge >= 0.3 is 5.69 Å². The SMILES string of the molecule is CCc1cnc(CNc2cccc(NC)c2[N+](=O)[O-])s1. The number of benzene rings is 1. The number of anilines is 2. The molecule has 0 aliphatic carbocycles. The summed E-state index contributed by atoms with van der Waals surface area (Å²) in [6.45, 7) is 2.56. The van der Waals surface area contributed by atoms with Crippen LogP contribution in [-0.2, 0) is 13.0 Å². The lowest BCUT2D eigenvalue weighted by atomic mass is 10.2. The Labute approximate surface area is 121 Å². The van der Waals surface area contributed by atoms with Crippen LogP contribution in [0.2, 0.25) is 0 Å². The molecule has 0 aliphatic rings. The topological polar surface area (TPSA) is 80.1 Å². The molecule has 1 heterocycles. The number of hydrogen-bond donors (Lipinski definition) is 2. The van der Waals surface area contributed by atoms with E-state index in [0.29, 0.717) is 17.9 Å². The van der Waals surface area contributed by atoms with Crippen LogP contribution in [0.1, 0.15) is 16.8 Å². The molecule has 0 radical (unpaired) electrons. The van der Waals surface area contributed by atoms with Crippen molar-refractivity contribution in [2.45, 2.75) is 19.9 Å². The maximum absolute atomic E-state index is 11.2. The third-order valence-corrected chi connectivity index (χ3v) is 4.01. The van der Waals surface area contributed by atoms with Crippen molar-refractivity contribution in [1.29, 1.82) is 0 Å². The van der Waals surface area contributed by atoms with Gasteiger partial charge in [0.05, 0.1) is 11.5 Å². The van der Waals surface area contributed by atoms with E-state index in [1.54, 1.807) is 36.6 Å². The number of para-hydroxylation sites is 1. The van der Waals surface area contributed by atoms with E-state index in [0.717, 1.165) is 11.4 Å². The van der Waals surface area contributed by atoms with Crippen molar-refractivity contribution in [1.82, 2.24) is 4.98 Å². The minimum absolute atomic E-state index is 0.0577. The number of nitrogens with one attached hydrogen (secondary N) is 2. The molecule has 0 saturated carbocycles. The van der Waals surface area contributed by atoms with Crippen LogP contribution in [0, 0.1) is 10.1 Å². The molecule has 0 unspecified atom stereocenters. The smallest absolute Gasteiger partial charge is 0.315 e. The molecule has 0 atom stereocenters. The zero-order valence-corrected chi connectivity index (χ0v) is 12.2. The van der Waals surface area contributed by atoms with Gasteiger partial charge in [0.15, 0.2) is 0 Å². The van der Waals surface area contributed by atoms with Gasteiger partial charge in [-0.2, -0.15) is 0 Å². The molecule has 6 nitrogen and oxygen atoms in total. The largest absolute Gasteiger partial charge is 0.382 e. The fourth-order valence-electron chi connectivity index (χ4n) is 1.85. The number of aromatic nitrogens is 1. The number of thiazole rings is 1. The van der Waals surface area contributed by atoms with E-state index in [-0.39, 0.29) is 10.6 Å². The van der Waals surface area contributed by atoms with E-state index >= 15 is 0 Å². The molecule has 0 aliphatic heterocycles. The van der Waals surface area contributed by atoms with Crippen LogP contribution >= 0.6 is 11.3 Å². The predicted molar refractivity (Wildman–Crippen MR) is 81.5 cm³/mol. The van der Waals surface area contributed by atoms with Gasteiger partial charge in [-0.25, -0.2) is 4.98 Å². The van der Waals surface area contributed by atoms with E-state index < -0.39 is 0 Å². The Kier molecular flexibility index (Phi) is 4.52. The highest BCUT2D eigenvalue weighted by Crippen LogP contribution is 2.32. The van der Waals surface area contributed by atoms with Crippen molar-refractivity contribution >= 4 is 28.4 Å². The quantitative estimate of drug-likeness (QED) is 0.631. The molecule has 0 amide bonds. The number of aryl methyl sites for hydroxylation is 1. The summed E-state index contributed by atoms with van der Waals surface area (Å²) in [5.74, 6) is 0. The third-order valence-electron chi connectivity index (χ3n) is 2.87. The van der Waals surface area contributed by atoms with Crippen LogP contribution < -0.4 is 10.6 Å².